The highest BCUT2D eigenvalue weighted by Gasteiger charge is 2.21. The zero-order valence-corrected chi connectivity index (χ0v) is 18.6. The molecule has 0 aliphatic heterocycles. The quantitative estimate of drug-likeness (QED) is 0.283. The van der Waals surface area contributed by atoms with Gasteiger partial charge in [0.15, 0.2) is 5.78 Å². The number of tetrazole rings is 1. The highest BCUT2D eigenvalue weighted by molar-refractivity contribution is 7.99. The zero-order valence-electron chi connectivity index (χ0n) is 17.7. The lowest BCUT2D eigenvalue weighted by Crippen LogP contribution is -2.06. The summed E-state index contributed by atoms with van der Waals surface area (Å²) in [6, 6.07) is 24.0. The molecule has 0 radical (unpaired) electrons. The van der Waals surface area contributed by atoms with E-state index in [0.717, 1.165) is 33.4 Å². The van der Waals surface area contributed by atoms with Crippen molar-refractivity contribution in [2.24, 2.45) is 0 Å². The van der Waals surface area contributed by atoms with Gasteiger partial charge in [-0.15, -0.1) is 5.10 Å². The number of nitrogens with zero attached hydrogens (tertiary/aromatic N) is 4. The number of Topliss-reactive ketones (excluding diaryl/α,β-unsaturated/α-hetero) is 1. The van der Waals surface area contributed by atoms with Crippen LogP contribution in [0.4, 0.5) is 0 Å². The Morgan fingerprint density at radius 2 is 1.78 bits per heavy atom. The molecular formula is C25H21N5OS. The number of aromatic amines is 1. The first kappa shape index (κ1) is 20.2. The van der Waals surface area contributed by atoms with Gasteiger partial charge in [-0.3, -0.25) is 4.79 Å². The van der Waals surface area contributed by atoms with E-state index in [1.165, 1.54) is 17.3 Å². The lowest BCUT2D eigenvalue weighted by Gasteiger charge is -2.08. The standard InChI is InChI=1S/C25H21N5OS/c1-16-12-13-21(17(2)14-16)30-25(27-28-29-30)32-15-22(31)23-19-10-6-7-11-20(19)26-24(23)18-8-4-3-5-9-18/h3-14,26H,15H2,1-2H3. The number of H-pyrrole nitrogens is 1. The second-order valence-corrected chi connectivity index (χ2v) is 8.60. The van der Waals surface area contributed by atoms with Crippen molar-refractivity contribution in [1.29, 1.82) is 0 Å². The molecule has 3 aromatic carbocycles. The number of carbonyl (C=O) groups is 1. The molecule has 2 heterocycles. The summed E-state index contributed by atoms with van der Waals surface area (Å²) < 4.78 is 1.69. The highest BCUT2D eigenvalue weighted by Crippen LogP contribution is 2.32. The molecule has 0 fully saturated rings. The third kappa shape index (κ3) is 3.71. The van der Waals surface area contributed by atoms with Gasteiger partial charge in [-0.05, 0) is 47.5 Å². The Labute approximate surface area is 189 Å². The summed E-state index contributed by atoms with van der Waals surface area (Å²) in [5.41, 5.74) is 6.63. The van der Waals surface area contributed by atoms with Gasteiger partial charge in [-0.1, -0.05) is 78.0 Å². The minimum atomic E-state index is 0.0291. The van der Waals surface area contributed by atoms with Gasteiger partial charge in [-0.2, -0.15) is 4.68 Å². The highest BCUT2D eigenvalue weighted by atomic mass is 32.2. The third-order valence-electron chi connectivity index (χ3n) is 5.40. The summed E-state index contributed by atoms with van der Waals surface area (Å²) in [7, 11) is 0. The summed E-state index contributed by atoms with van der Waals surface area (Å²) in [6.45, 7) is 4.08. The molecule has 7 heteroatoms. The van der Waals surface area contributed by atoms with Crippen LogP contribution in [0.15, 0.2) is 78.0 Å². The molecule has 0 spiro atoms. The van der Waals surface area contributed by atoms with Crippen LogP contribution in [0.5, 0.6) is 0 Å². The maximum atomic E-state index is 13.4. The van der Waals surface area contributed by atoms with Crippen LogP contribution in [-0.4, -0.2) is 36.7 Å². The lowest BCUT2D eigenvalue weighted by molar-refractivity contribution is 0.102. The van der Waals surface area contributed by atoms with Crippen LogP contribution in [0.3, 0.4) is 0 Å². The number of rotatable bonds is 6. The molecule has 6 nitrogen and oxygen atoms in total. The van der Waals surface area contributed by atoms with Crippen LogP contribution < -0.4 is 0 Å². The first-order valence-corrected chi connectivity index (χ1v) is 11.3. The number of fused-ring (bicyclic) bond motifs is 1. The van der Waals surface area contributed by atoms with Crippen molar-refractivity contribution in [2.45, 2.75) is 19.0 Å². The molecule has 158 valence electrons. The zero-order chi connectivity index (χ0) is 22.1. The average molecular weight is 440 g/mol. The van der Waals surface area contributed by atoms with E-state index in [1.807, 2.05) is 73.7 Å². The largest absolute Gasteiger partial charge is 0.354 e. The Morgan fingerprint density at radius 3 is 2.59 bits per heavy atom. The molecule has 0 amide bonds. The van der Waals surface area contributed by atoms with Crippen molar-refractivity contribution < 1.29 is 4.79 Å². The molecule has 1 N–H and O–H groups in total. The van der Waals surface area contributed by atoms with Crippen molar-refractivity contribution in [1.82, 2.24) is 25.2 Å². The van der Waals surface area contributed by atoms with Gasteiger partial charge in [-0.25, -0.2) is 0 Å². The minimum Gasteiger partial charge on any atom is -0.354 e. The van der Waals surface area contributed by atoms with Gasteiger partial charge in [0.25, 0.3) is 0 Å². The number of aromatic nitrogens is 5. The van der Waals surface area contributed by atoms with Crippen LogP contribution in [0.25, 0.3) is 27.8 Å². The molecule has 0 atom stereocenters. The van der Waals surface area contributed by atoms with Crippen molar-refractivity contribution in [2.75, 3.05) is 5.75 Å². The first-order valence-electron chi connectivity index (χ1n) is 10.3. The summed E-state index contributed by atoms with van der Waals surface area (Å²) in [4.78, 5) is 16.9. The lowest BCUT2D eigenvalue weighted by atomic mass is 10.0. The van der Waals surface area contributed by atoms with E-state index >= 15 is 0 Å². The number of nitrogens with one attached hydrogen (secondary N) is 1. The van der Waals surface area contributed by atoms with E-state index < -0.39 is 0 Å². The Balaban J connectivity index is 1.47. The summed E-state index contributed by atoms with van der Waals surface area (Å²) in [5, 5.41) is 13.7. The second-order valence-electron chi connectivity index (χ2n) is 7.66. The molecule has 0 aliphatic carbocycles. The molecule has 0 saturated carbocycles. The average Bonchev–Trinajstić information content (AvgIpc) is 3.43. The predicted octanol–water partition coefficient (Wildman–Crippen LogP) is 5.40. The van der Waals surface area contributed by atoms with Gasteiger partial charge in [0.05, 0.1) is 22.7 Å². The molecule has 5 rings (SSSR count). The number of para-hydroxylation sites is 1. The van der Waals surface area contributed by atoms with Crippen LogP contribution in [-0.2, 0) is 0 Å². The maximum Gasteiger partial charge on any atom is 0.214 e. The molecule has 5 aromatic rings. The Hall–Kier alpha value is -3.71. The normalized spacial score (nSPS) is 11.2. The van der Waals surface area contributed by atoms with Crippen molar-refractivity contribution in [3.63, 3.8) is 0 Å². The number of hydrogen-bond donors (Lipinski definition) is 1. The minimum absolute atomic E-state index is 0.0291. The van der Waals surface area contributed by atoms with E-state index in [2.05, 4.69) is 33.5 Å². The SMILES string of the molecule is Cc1ccc(-n2nnnc2SCC(=O)c2c(-c3ccccc3)[nH]c3ccccc23)c(C)c1. The van der Waals surface area contributed by atoms with E-state index in [-0.39, 0.29) is 11.5 Å². The third-order valence-corrected chi connectivity index (χ3v) is 6.32. The monoisotopic (exact) mass is 439 g/mol. The molecule has 32 heavy (non-hydrogen) atoms. The van der Waals surface area contributed by atoms with Gasteiger partial charge < -0.3 is 4.98 Å². The van der Waals surface area contributed by atoms with Crippen molar-refractivity contribution >= 4 is 28.4 Å². The number of carbonyl (C=O) groups excluding carboxylic acids is 1. The fourth-order valence-electron chi connectivity index (χ4n) is 3.92. The maximum absolute atomic E-state index is 13.4. The fraction of sp³-hybridized carbons (Fsp3) is 0.120. The number of benzene rings is 3. The summed E-state index contributed by atoms with van der Waals surface area (Å²) in [6.07, 6.45) is 0. The van der Waals surface area contributed by atoms with E-state index in [0.29, 0.717) is 10.7 Å². The molecule has 0 unspecified atom stereocenters. The fourth-order valence-corrected chi connectivity index (χ4v) is 4.67. The van der Waals surface area contributed by atoms with Crippen LogP contribution >= 0.6 is 11.8 Å². The number of hydrogen-bond acceptors (Lipinski definition) is 5. The molecule has 0 aliphatic rings. The van der Waals surface area contributed by atoms with E-state index in [9.17, 15) is 4.79 Å². The molecule has 2 aromatic heterocycles. The second kappa shape index (κ2) is 8.43. The summed E-state index contributed by atoms with van der Waals surface area (Å²) >= 11 is 1.34. The van der Waals surface area contributed by atoms with E-state index in [4.69, 9.17) is 0 Å². The number of aryl methyl sites for hydroxylation is 2. The Morgan fingerprint density at radius 1 is 1.00 bits per heavy atom. The van der Waals surface area contributed by atoms with Crippen molar-refractivity contribution in [3.05, 3.63) is 89.5 Å². The van der Waals surface area contributed by atoms with E-state index in [1.54, 1.807) is 4.68 Å². The topological polar surface area (TPSA) is 76.5 Å². The first-order chi connectivity index (χ1) is 15.6. The smallest absolute Gasteiger partial charge is 0.214 e. The molecule has 0 bridgehead atoms. The molecule has 0 saturated heterocycles. The van der Waals surface area contributed by atoms with Gasteiger partial charge in [0.1, 0.15) is 0 Å². The van der Waals surface area contributed by atoms with Crippen LogP contribution in [0.1, 0.15) is 21.5 Å². The summed E-state index contributed by atoms with van der Waals surface area (Å²) in [5.74, 6) is 0.258. The number of thioether (sulfide) groups is 1. The van der Waals surface area contributed by atoms with Gasteiger partial charge >= 0.3 is 0 Å². The van der Waals surface area contributed by atoms with Crippen molar-refractivity contribution in [3.8, 4) is 16.9 Å². The number of ketones is 1. The van der Waals surface area contributed by atoms with Crippen LogP contribution in [0, 0.1) is 13.8 Å². The Bertz CT molecular complexity index is 1420. The predicted molar refractivity (Wildman–Crippen MR) is 127 cm³/mol. The molecular weight excluding hydrogens is 418 g/mol. The Kier molecular flexibility index (Phi) is 5.33. The van der Waals surface area contributed by atoms with Gasteiger partial charge in [0, 0.05) is 10.9 Å². The van der Waals surface area contributed by atoms with Crippen LogP contribution in [0.2, 0.25) is 0 Å². The van der Waals surface area contributed by atoms with Gasteiger partial charge in [0.2, 0.25) is 5.16 Å².